The molecule has 0 aliphatic carbocycles. The van der Waals surface area contributed by atoms with Crippen LogP contribution in [0.5, 0.6) is 5.75 Å². The van der Waals surface area contributed by atoms with Crippen molar-refractivity contribution >= 4 is 65.6 Å². The molecule has 2 aromatic carbocycles. The highest BCUT2D eigenvalue weighted by Gasteiger charge is 2.26. The molecule has 1 amide bonds. The molecule has 8 heteroatoms. The molecule has 4 rings (SSSR count). The van der Waals surface area contributed by atoms with E-state index in [4.69, 9.17) is 21.3 Å². The zero-order chi connectivity index (χ0) is 22.0. The Kier molecular flexibility index (Phi) is 6.77. The number of rotatable bonds is 8. The Morgan fingerprint density at radius 2 is 1.77 bits per heavy atom. The lowest BCUT2D eigenvalue weighted by Crippen LogP contribution is -2.38. The van der Waals surface area contributed by atoms with Crippen LogP contribution >= 0.6 is 34.3 Å². The molecule has 0 aliphatic rings. The molecule has 0 unspecified atom stereocenters. The Bertz CT molecular complexity index is 1220. The van der Waals surface area contributed by atoms with Gasteiger partial charge in [0.25, 0.3) is 5.91 Å². The molecule has 0 aliphatic heterocycles. The standard InChI is InChI=1S/C23H24ClN3O2S2/c1-4-26(5-2)13-14-27(23-25-20-16(29-3)10-8-12-18(20)31-23)22(28)21-19(24)15-9-6-7-11-17(15)30-21/h6-12H,4-5,13-14H2,1-3H3. The Morgan fingerprint density at radius 1 is 1.03 bits per heavy atom. The van der Waals surface area contributed by atoms with Gasteiger partial charge in [-0.1, -0.05) is 61.1 Å². The lowest BCUT2D eigenvalue weighted by atomic mass is 10.2. The largest absolute Gasteiger partial charge is 0.494 e. The second-order valence-corrected chi connectivity index (χ2v) is 9.47. The molecule has 0 bridgehead atoms. The molecule has 0 saturated heterocycles. The van der Waals surface area contributed by atoms with Gasteiger partial charge in [-0.2, -0.15) is 0 Å². The van der Waals surface area contributed by atoms with E-state index in [1.165, 1.54) is 22.7 Å². The predicted molar refractivity (Wildman–Crippen MR) is 132 cm³/mol. The third-order valence-corrected chi connectivity index (χ3v) is 8.04. The molecule has 0 atom stereocenters. The van der Waals surface area contributed by atoms with E-state index < -0.39 is 0 Å². The Labute approximate surface area is 194 Å². The van der Waals surface area contributed by atoms with Gasteiger partial charge < -0.3 is 9.64 Å². The quantitative estimate of drug-likeness (QED) is 0.307. The summed E-state index contributed by atoms with van der Waals surface area (Å²) in [5.41, 5.74) is 0.771. The van der Waals surface area contributed by atoms with E-state index in [9.17, 15) is 4.79 Å². The SMILES string of the molecule is CCN(CC)CCN(C(=O)c1sc2ccccc2c1Cl)c1nc2c(OC)cccc2s1. The Hall–Kier alpha value is -2.19. The molecule has 2 heterocycles. The van der Waals surface area contributed by atoms with E-state index in [0.29, 0.717) is 27.3 Å². The maximum absolute atomic E-state index is 13.7. The summed E-state index contributed by atoms with van der Waals surface area (Å²) >= 11 is 9.57. The number of amides is 1. The highest BCUT2D eigenvalue weighted by atomic mass is 35.5. The van der Waals surface area contributed by atoms with Crippen molar-refractivity contribution in [2.75, 3.05) is 38.2 Å². The van der Waals surface area contributed by atoms with Gasteiger partial charge >= 0.3 is 0 Å². The summed E-state index contributed by atoms with van der Waals surface area (Å²) in [6, 6.07) is 13.7. The first kappa shape index (κ1) is 22.0. The number of likely N-dealkylation sites (N-methyl/N-ethyl adjacent to an activating group) is 1. The van der Waals surface area contributed by atoms with Crippen LogP contribution in [0.4, 0.5) is 5.13 Å². The number of para-hydroxylation sites is 1. The van der Waals surface area contributed by atoms with E-state index in [1.54, 1.807) is 12.0 Å². The van der Waals surface area contributed by atoms with E-state index in [0.717, 1.165) is 39.9 Å². The minimum atomic E-state index is -0.114. The van der Waals surface area contributed by atoms with E-state index in [2.05, 4.69) is 18.7 Å². The van der Waals surface area contributed by atoms with Crippen LogP contribution in [0, 0.1) is 0 Å². The summed E-state index contributed by atoms with van der Waals surface area (Å²) < 4.78 is 7.46. The van der Waals surface area contributed by atoms with Crippen molar-refractivity contribution in [3.05, 3.63) is 52.4 Å². The van der Waals surface area contributed by atoms with Crippen molar-refractivity contribution in [2.24, 2.45) is 0 Å². The molecular formula is C23H24ClN3O2S2. The molecule has 0 N–H and O–H groups in total. The molecule has 162 valence electrons. The summed E-state index contributed by atoms with van der Waals surface area (Å²) in [6.45, 7) is 7.40. The van der Waals surface area contributed by atoms with Crippen LogP contribution in [-0.4, -0.2) is 49.1 Å². The average molecular weight is 474 g/mol. The summed E-state index contributed by atoms with van der Waals surface area (Å²) in [6.07, 6.45) is 0. The van der Waals surface area contributed by atoms with Crippen LogP contribution in [0.3, 0.4) is 0 Å². The molecule has 0 saturated carbocycles. The maximum atomic E-state index is 13.7. The van der Waals surface area contributed by atoms with E-state index in [1.807, 2.05) is 42.5 Å². The van der Waals surface area contributed by atoms with E-state index in [-0.39, 0.29) is 5.91 Å². The van der Waals surface area contributed by atoms with Crippen LogP contribution in [0.15, 0.2) is 42.5 Å². The normalized spacial score (nSPS) is 11.5. The topological polar surface area (TPSA) is 45.7 Å². The molecule has 0 radical (unpaired) electrons. The van der Waals surface area contributed by atoms with Crippen LogP contribution in [0.25, 0.3) is 20.3 Å². The number of aromatic nitrogens is 1. The van der Waals surface area contributed by atoms with Gasteiger partial charge in [0, 0.05) is 23.2 Å². The van der Waals surface area contributed by atoms with Crippen molar-refractivity contribution in [3.8, 4) is 5.75 Å². The van der Waals surface area contributed by atoms with Gasteiger partial charge in [0.15, 0.2) is 5.13 Å². The smallest absolute Gasteiger partial charge is 0.271 e. The predicted octanol–water partition coefficient (Wildman–Crippen LogP) is 6.16. The summed E-state index contributed by atoms with van der Waals surface area (Å²) in [7, 11) is 1.63. The van der Waals surface area contributed by atoms with Crippen molar-refractivity contribution in [1.29, 1.82) is 0 Å². The second-order valence-electron chi connectivity index (χ2n) is 7.03. The van der Waals surface area contributed by atoms with Gasteiger partial charge in [-0.25, -0.2) is 4.98 Å². The molecule has 4 aromatic rings. The summed E-state index contributed by atoms with van der Waals surface area (Å²) in [5.74, 6) is 0.590. The number of thiazole rings is 1. The second kappa shape index (κ2) is 9.53. The lowest BCUT2D eigenvalue weighted by Gasteiger charge is -2.24. The van der Waals surface area contributed by atoms with Crippen molar-refractivity contribution in [2.45, 2.75) is 13.8 Å². The first-order valence-electron chi connectivity index (χ1n) is 10.2. The van der Waals surface area contributed by atoms with Crippen LogP contribution in [0.1, 0.15) is 23.5 Å². The highest BCUT2D eigenvalue weighted by Crippen LogP contribution is 2.39. The van der Waals surface area contributed by atoms with Gasteiger partial charge in [-0.05, 0) is 31.3 Å². The number of nitrogens with zero attached hydrogens (tertiary/aromatic N) is 3. The van der Waals surface area contributed by atoms with Gasteiger partial charge in [0.05, 0.1) is 16.8 Å². The fourth-order valence-corrected chi connectivity index (χ4v) is 6.00. The summed E-state index contributed by atoms with van der Waals surface area (Å²) in [5, 5.41) is 2.08. The van der Waals surface area contributed by atoms with Crippen molar-refractivity contribution in [1.82, 2.24) is 9.88 Å². The van der Waals surface area contributed by atoms with Gasteiger partial charge in [0.2, 0.25) is 0 Å². The number of fused-ring (bicyclic) bond motifs is 2. The van der Waals surface area contributed by atoms with Crippen molar-refractivity contribution in [3.63, 3.8) is 0 Å². The molecular weight excluding hydrogens is 450 g/mol. The monoisotopic (exact) mass is 473 g/mol. The number of thiophene rings is 1. The van der Waals surface area contributed by atoms with Gasteiger partial charge in [0.1, 0.15) is 16.1 Å². The minimum absolute atomic E-state index is 0.114. The zero-order valence-corrected chi connectivity index (χ0v) is 20.1. The number of hydrogen-bond acceptors (Lipinski definition) is 6. The Morgan fingerprint density at radius 3 is 2.48 bits per heavy atom. The third-order valence-electron chi connectivity index (χ3n) is 5.33. The molecule has 5 nitrogen and oxygen atoms in total. The molecule has 31 heavy (non-hydrogen) atoms. The number of carbonyl (C=O) groups excluding carboxylic acids is 1. The fraction of sp³-hybridized carbons (Fsp3) is 0.304. The van der Waals surface area contributed by atoms with Gasteiger partial charge in [-0.15, -0.1) is 11.3 Å². The zero-order valence-electron chi connectivity index (χ0n) is 17.7. The lowest BCUT2D eigenvalue weighted by molar-refractivity contribution is 0.0988. The third kappa shape index (κ3) is 4.28. The van der Waals surface area contributed by atoms with Crippen LogP contribution < -0.4 is 9.64 Å². The highest BCUT2D eigenvalue weighted by molar-refractivity contribution is 7.23. The van der Waals surface area contributed by atoms with E-state index >= 15 is 0 Å². The number of carbonyl (C=O) groups is 1. The van der Waals surface area contributed by atoms with Crippen molar-refractivity contribution < 1.29 is 9.53 Å². The van der Waals surface area contributed by atoms with Crippen LogP contribution in [0.2, 0.25) is 5.02 Å². The number of benzene rings is 2. The first-order valence-corrected chi connectivity index (χ1v) is 12.2. The fourth-order valence-electron chi connectivity index (χ4n) is 3.53. The number of ether oxygens (including phenoxy) is 1. The minimum Gasteiger partial charge on any atom is -0.494 e. The van der Waals surface area contributed by atoms with Crippen LogP contribution in [-0.2, 0) is 0 Å². The maximum Gasteiger partial charge on any atom is 0.271 e. The molecule has 0 spiro atoms. The number of methoxy groups -OCH3 is 1. The average Bonchev–Trinajstić information content (AvgIpc) is 3.38. The Balaban J connectivity index is 1.76. The number of halogens is 1. The molecule has 0 fully saturated rings. The first-order chi connectivity index (χ1) is 15.1. The summed E-state index contributed by atoms with van der Waals surface area (Å²) in [4.78, 5) is 23.1. The van der Waals surface area contributed by atoms with Gasteiger partial charge in [-0.3, -0.25) is 9.69 Å². The number of anilines is 1. The molecule has 2 aromatic heterocycles. The number of hydrogen-bond donors (Lipinski definition) is 0.